The lowest BCUT2D eigenvalue weighted by molar-refractivity contribution is -0.123. The van der Waals surface area contributed by atoms with Crippen molar-refractivity contribution in [3.05, 3.63) is 35.8 Å². The maximum absolute atomic E-state index is 13.3. The highest BCUT2D eigenvalue weighted by Crippen LogP contribution is 2.27. The Hall–Kier alpha value is -2.41. The molecule has 1 aromatic heterocycles. The molecule has 138 valence electrons. The van der Waals surface area contributed by atoms with E-state index in [1.807, 2.05) is 0 Å². The molecule has 1 atom stereocenters. The number of primary amides is 1. The van der Waals surface area contributed by atoms with E-state index in [4.69, 9.17) is 10.2 Å². The van der Waals surface area contributed by atoms with Crippen LogP contribution in [0.25, 0.3) is 11.0 Å². The second-order valence-corrected chi connectivity index (χ2v) is 7.11. The largest absolute Gasteiger partial charge is 0.451 e. The third-order valence-corrected chi connectivity index (χ3v) is 5.53. The average Bonchev–Trinajstić information content (AvgIpc) is 3.28. The maximum atomic E-state index is 13.3. The van der Waals surface area contributed by atoms with Crippen molar-refractivity contribution in [1.82, 2.24) is 9.80 Å². The lowest BCUT2D eigenvalue weighted by Gasteiger charge is -2.38. The first-order valence-corrected chi connectivity index (χ1v) is 9.06. The fourth-order valence-electron chi connectivity index (χ4n) is 4.21. The Morgan fingerprint density at radius 3 is 2.62 bits per heavy atom. The molecule has 4 rings (SSSR count). The zero-order chi connectivity index (χ0) is 18.3. The van der Waals surface area contributed by atoms with Crippen LogP contribution in [0.5, 0.6) is 0 Å². The smallest absolute Gasteiger partial charge is 0.289 e. The highest BCUT2D eigenvalue weighted by molar-refractivity contribution is 5.96. The molecule has 0 radical (unpaired) electrons. The first kappa shape index (κ1) is 17.0. The van der Waals surface area contributed by atoms with Gasteiger partial charge in [0.15, 0.2) is 5.76 Å². The van der Waals surface area contributed by atoms with Crippen LogP contribution >= 0.6 is 0 Å². The molecule has 26 heavy (non-hydrogen) atoms. The van der Waals surface area contributed by atoms with E-state index < -0.39 is 0 Å². The number of carbonyl (C=O) groups is 2. The van der Waals surface area contributed by atoms with Crippen molar-refractivity contribution in [1.29, 1.82) is 0 Å². The maximum Gasteiger partial charge on any atom is 0.289 e. The molecule has 2 N–H and O–H groups in total. The minimum absolute atomic E-state index is 0.173. The molecule has 2 saturated heterocycles. The van der Waals surface area contributed by atoms with Crippen LogP contribution in [0.4, 0.5) is 4.39 Å². The molecule has 3 heterocycles. The first-order valence-electron chi connectivity index (χ1n) is 9.06. The number of hydrogen-bond donors (Lipinski definition) is 1. The van der Waals surface area contributed by atoms with E-state index in [9.17, 15) is 14.0 Å². The minimum Gasteiger partial charge on any atom is -0.451 e. The highest BCUT2D eigenvalue weighted by atomic mass is 19.1. The average molecular weight is 359 g/mol. The quantitative estimate of drug-likeness (QED) is 0.910. The lowest BCUT2D eigenvalue weighted by Crippen LogP contribution is -2.51. The fraction of sp³-hybridized carbons (Fsp3) is 0.474. The number of halogens is 1. The van der Waals surface area contributed by atoms with Crippen molar-refractivity contribution in [2.24, 2.45) is 5.73 Å². The zero-order valence-electron chi connectivity index (χ0n) is 14.5. The van der Waals surface area contributed by atoms with Gasteiger partial charge in [0.2, 0.25) is 5.91 Å². The number of carbonyl (C=O) groups excluding carboxylic acids is 2. The van der Waals surface area contributed by atoms with Crippen molar-refractivity contribution >= 4 is 22.8 Å². The van der Waals surface area contributed by atoms with E-state index in [0.29, 0.717) is 24.1 Å². The summed E-state index contributed by atoms with van der Waals surface area (Å²) in [6.45, 7) is 2.11. The summed E-state index contributed by atoms with van der Waals surface area (Å²) < 4.78 is 18.9. The molecule has 1 aromatic carbocycles. The van der Waals surface area contributed by atoms with Crippen LogP contribution in [-0.2, 0) is 4.79 Å². The van der Waals surface area contributed by atoms with Gasteiger partial charge in [-0.3, -0.25) is 14.5 Å². The Bertz CT molecular complexity index is 842. The lowest BCUT2D eigenvalue weighted by atomic mass is 10.0. The van der Waals surface area contributed by atoms with Gasteiger partial charge >= 0.3 is 0 Å². The molecule has 2 aliphatic heterocycles. The summed E-state index contributed by atoms with van der Waals surface area (Å²) in [5.41, 5.74) is 6.02. The fourth-order valence-corrected chi connectivity index (χ4v) is 4.21. The Kier molecular flexibility index (Phi) is 4.40. The molecular weight excluding hydrogens is 337 g/mol. The monoisotopic (exact) mass is 359 g/mol. The van der Waals surface area contributed by atoms with Gasteiger partial charge in [-0.2, -0.15) is 0 Å². The van der Waals surface area contributed by atoms with Gasteiger partial charge in [0.1, 0.15) is 11.4 Å². The van der Waals surface area contributed by atoms with Crippen molar-refractivity contribution in [2.75, 3.05) is 19.6 Å². The third kappa shape index (κ3) is 3.07. The number of furan rings is 1. The number of piperidine rings is 1. The normalized spacial score (nSPS) is 22.2. The summed E-state index contributed by atoms with van der Waals surface area (Å²) >= 11 is 0. The summed E-state index contributed by atoms with van der Waals surface area (Å²) in [5.74, 6) is -0.545. The summed E-state index contributed by atoms with van der Waals surface area (Å²) in [6, 6.07) is 5.91. The van der Waals surface area contributed by atoms with Crippen LogP contribution in [0, 0.1) is 5.82 Å². The van der Waals surface area contributed by atoms with E-state index in [-0.39, 0.29) is 35.5 Å². The van der Waals surface area contributed by atoms with Gasteiger partial charge < -0.3 is 15.1 Å². The van der Waals surface area contributed by atoms with Crippen molar-refractivity contribution < 1.29 is 18.4 Å². The second kappa shape index (κ2) is 6.72. The van der Waals surface area contributed by atoms with Gasteiger partial charge in [0.25, 0.3) is 5.91 Å². The third-order valence-electron chi connectivity index (χ3n) is 5.53. The molecule has 2 aliphatic rings. The number of rotatable bonds is 3. The van der Waals surface area contributed by atoms with Crippen LogP contribution in [0.2, 0.25) is 0 Å². The van der Waals surface area contributed by atoms with Crippen LogP contribution in [0.3, 0.4) is 0 Å². The molecule has 0 bridgehead atoms. The van der Waals surface area contributed by atoms with Crippen LogP contribution < -0.4 is 5.73 Å². The zero-order valence-corrected chi connectivity index (χ0v) is 14.5. The van der Waals surface area contributed by atoms with E-state index in [1.54, 1.807) is 11.0 Å². The van der Waals surface area contributed by atoms with Gasteiger partial charge in [-0.25, -0.2) is 4.39 Å². The topological polar surface area (TPSA) is 79.8 Å². The minimum atomic E-state index is -0.354. The van der Waals surface area contributed by atoms with Crippen molar-refractivity contribution in [3.63, 3.8) is 0 Å². The van der Waals surface area contributed by atoms with Gasteiger partial charge in [-0.15, -0.1) is 0 Å². The highest BCUT2D eigenvalue weighted by Gasteiger charge is 2.36. The number of nitrogens with two attached hydrogens (primary N) is 1. The summed E-state index contributed by atoms with van der Waals surface area (Å²) in [4.78, 5) is 28.3. The van der Waals surface area contributed by atoms with Crippen molar-refractivity contribution in [2.45, 2.75) is 37.8 Å². The molecule has 0 saturated carbocycles. The number of amides is 2. The van der Waals surface area contributed by atoms with E-state index in [2.05, 4.69) is 4.90 Å². The van der Waals surface area contributed by atoms with Crippen molar-refractivity contribution in [3.8, 4) is 0 Å². The SMILES string of the molecule is NC(=O)C1CCCN1C1CCN(C(=O)c2cc3cc(F)ccc3o2)CC1. The number of hydrogen-bond acceptors (Lipinski definition) is 4. The van der Waals surface area contributed by atoms with Gasteiger partial charge in [0, 0.05) is 24.5 Å². The molecule has 0 spiro atoms. The van der Waals surface area contributed by atoms with E-state index in [0.717, 1.165) is 32.2 Å². The van der Waals surface area contributed by atoms with Gasteiger partial charge in [-0.05, 0) is 56.5 Å². The van der Waals surface area contributed by atoms with Crippen LogP contribution in [0.15, 0.2) is 28.7 Å². The predicted octanol–water partition coefficient (Wildman–Crippen LogP) is 2.13. The molecule has 6 nitrogen and oxygen atoms in total. The van der Waals surface area contributed by atoms with Gasteiger partial charge in [0.05, 0.1) is 6.04 Å². The molecule has 1 unspecified atom stereocenters. The molecule has 0 aliphatic carbocycles. The Morgan fingerprint density at radius 2 is 1.88 bits per heavy atom. The van der Waals surface area contributed by atoms with E-state index >= 15 is 0 Å². The summed E-state index contributed by atoms with van der Waals surface area (Å²) in [6.07, 6.45) is 3.43. The van der Waals surface area contributed by atoms with Gasteiger partial charge in [-0.1, -0.05) is 0 Å². The molecule has 2 aromatic rings. The molecule has 7 heteroatoms. The summed E-state index contributed by atoms with van der Waals surface area (Å²) in [7, 11) is 0. The predicted molar refractivity (Wildman–Crippen MR) is 94.0 cm³/mol. The Morgan fingerprint density at radius 1 is 1.12 bits per heavy atom. The molecular formula is C19H22FN3O3. The standard InChI is InChI=1S/C19H22FN3O3/c20-13-3-4-16-12(10-13)11-17(26-16)19(25)22-8-5-14(6-9-22)23-7-1-2-15(23)18(21)24/h3-4,10-11,14-15H,1-2,5-9H2,(H2,21,24). The van der Waals surface area contributed by atoms with E-state index in [1.165, 1.54) is 18.2 Å². The number of likely N-dealkylation sites (tertiary alicyclic amines) is 2. The molecule has 2 fully saturated rings. The Labute approximate surface area is 150 Å². The number of fused-ring (bicyclic) bond motifs is 1. The first-order chi connectivity index (χ1) is 12.5. The number of nitrogens with zero attached hydrogens (tertiary/aromatic N) is 2. The summed E-state index contributed by atoms with van der Waals surface area (Å²) in [5, 5.41) is 0.588. The van der Waals surface area contributed by atoms with Crippen LogP contribution in [-0.4, -0.2) is 53.3 Å². The number of benzene rings is 1. The Balaban J connectivity index is 1.42. The molecule has 2 amide bonds. The second-order valence-electron chi connectivity index (χ2n) is 7.11. The van der Waals surface area contributed by atoms with Crippen LogP contribution in [0.1, 0.15) is 36.2 Å².